The van der Waals surface area contributed by atoms with Gasteiger partial charge in [-0.1, -0.05) is 24.3 Å². The molecule has 4 aromatic rings. The molecule has 7 nitrogen and oxygen atoms in total. The van der Waals surface area contributed by atoms with Gasteiger partial charge in [-0.25, -0.2) is 9.97 Å². The van der Waals surface area contributed by atoms with Crippen molar-refractivity contribution in [3.8, 4) is 0 Å². The minimum atomic E-state index is -0.556. The molecule has 1 aliphatic rings. The second-order valence-corrected chi connectivity index (χ2v) is 8.61. The third-order valence-corrected chi connectivity index (χ3v) is 6.70. The molecule has 0 saturated carbocycles. The molecule has 8 heteroatoms. The molecule has 152 valence electrons. The number of aromatic nitrogens is 3. The molecule has 3 heterocycles. The van der Waals surface area contributed by atoms with Gasteiger partial charge in [-0.2, -0.15) is 0 Å². The van der Waals surface area contributed by atoms with Gasteiger partial charge in [-0.15, -0.1) is 11.3 Å². The summed E-state index contributed by atoms with van der Waals surface area (Å²) in [6.45, 7) is 1.18. The number of hydrogen-bond acceptors (Lipinski definition) is 6. The number of carbonyl (C=O) groups is 1. The van der Waals surface area contributed by atoms with Crippen LogP contribution in [0.1, 0.15) is 29.7 Å². The first-order valence-corrected chi connectivity index (χ1v) is 10.8. The molecule has 0 bridgehead atoms. The van der Waals surface area contributed by atoms with Crippen molar-refractivity contribution < 1.29 is 4.79 Å². The van der Waals surface area contributed by atoms with E-state index in [0.29, 0.717) is 23.3 Å². The van der Waals surface area contributed by atoms with E-state index < -0.39 is 5.91 Å². The largest absolute Gasteiger partial charge is 0.368 e. The van der Waals surface area contributed by atoms with Gasteiger partial charge in [0, 0.05) is 0 Å². The van der Waals surface area contributed by atoms with Crippen LogP contribution in [0, 0.1) is 0 Å². The lowest BCUT2D eigenvalue weighted by Crippen LogP contribution is -2.34. The van der Waals surface area contributed by atoms with Gasteiger partial charge in [-0.3, -0.25) is 19.1 Å². The number of nitrogens with zero attached hydrogens (tertiary/aromatic N) is 4. The topological polar surface area (TPSA) is 94.1 Å². The fraction of sp³-hybridized carbons (Fsp3) is 0.273. The minimum absolute atomic E-state index is 0.174. The van der Waals surface area contributed by atoms with E-state index in [1.165, 1.54) is 9.27 Å². The lowest BCUT2D eigenvalue weighted by Gasteiger charge is -2.24. The SMILES string of the molecule is NC(=O)Cn1c(CN2CCCC2c2nc3ccccc3s2)nc2ccccc2c1=O. The number of amides is 1. The first-order chi connectivity index (χ1) is 14.6. The molecule has 0 aliphatic carbocycles. The fourth-order valence-corrected chi connectivity index (χ4v) is 5.30. The summed E-state index contributed by atoms with van der Waals surface area (Å²) in [7, 11) is 0. The van der Waals surface area contributed by atoms with E-state index in [2.05, 4.69) is 11.0 Å². The van der Waals surface area contributed by atoms with E-state index in [1.807, 2.05) is 30.3 Å². The Morgan fingerprint density at radius 2 is 1.87 bits per heavy atom. The molecule has 2 N–H and O–H groups in total. The summed E-state index contributed by atoms with van der Waals surface area (Å²) in [5, 5.41) is 1.57. The lowest BCUT2D eigenvalue weighted by atomic mass is 10.2. The normalized spacial score (nSPS) is 17.1. The molecule has 1 amide bonds. The van der Waals surface area contributed by atoms with Crippen LogP contribution in [0.25, 0.3) is 21.1 Å². The van der Waals surface area contributed by atoms with E-state index in [0.717, 1.165) is 29.9 Å². The quantitative estimate of drug-likeness (QED) is 0.537. The van der Waals surface area contributed by atoms with Crippen LogP contribution < -0.4 is 11.3 Å². The van der Waals surface area contributed by atoms with Crippen LogP contribution in [0.4, 0.5) is 0 Å². The summed E-state index contributed by atoms with van der Waals surface area (Å²) in [6.07, 6.45) is 2.06. The molecular formula is C22H21N5O2S. The highest BCUT2D eigenvalue weighted by Gasteiger charge is 2.30. The summed E-state index contributed by atoms with van der Waals surface area (Å²) in [5.41, 5.74) is 6.84. The maximum absolute atomic E-state index is 13.0. The van der Waals surface area contributed by atoms with Crippen LogP contribution in [-0.4, -0.2) is 31.9 Å². The van der Waals surface area contributed by atoms with Gasteiger partial charge in [0.15, 0.2) is 0 Å². The summed E-state index contributed by atoms with van der Waals surface area (Å²) < 4.78 is 2.59. The van der Waals surface area contributed by atoms with Crippen molar-refractivity contribution in [3.63, 3.8) is 0 Å². The van der Waals surface area contributed by atoms with Crippen molar-refractivity contribution in [1.82, 2.24) is 19.4 Å². The van der Waals surface area contributed by atoms with Gasteiger partial charge in [0.2, 0.25) is 5.91 Å². The third kappa shape index (κ3) is 3.38. The average molecular weight is 420 g/mol. The lowest BCUT2D eigenvalue weighted by molar-refractivity contribution is -0.118. The molecule has 1 fully saturated rings. The van der Waals surface area contributed by atoms with Gasteiger partial charge in [-0.05, 0) is 43.7 Å². The zero-order valence-electron chi connectivity index (χ0n) is 16.3. The standard InChI is InChI=1S/C22H21N5O2S/c23-19(28)12-27-20(24-15-7-2-1-6-14(15)22(27)29)13-26-11-5-9-17(26)21-25-16-8-3-4-10-18(16)30-21/h1-4,6-8,10,17H,5,9,11-13H2,(H2,23,28). The molecule has 2 aromatic heterocycles. The molecular weight excluding hydrogens is 398 g/mol. The number of para-hydroxylation sites is 2. The Bertz CT molecular complexity index is 1280. The van der Waals surface area contributed by atoms with Gasteiger partial charge in [0.05, 0.1) is 33.7 Å². The number of nitrogens with two attached hydrogens (primary N) is 1. The van der Waals surface area contributed by atoms with E-state index in [1.54, 1.807) is 23.5 Å². The third-order valence-electron chi connectivity index (χ3n) is 5.56. The number of carbonyl (C=O) groups excluding carboxylic acids is 1. The average Bonchev–Trinajstić information content (AvgIpc) is 3.37. The van der Waals surface area contributed by atoms with Gasteiger partial charge in [0.25, 0.3) is 5.56 Å². The summed E-state index contributed by atoms with van der Waals surface area (Å²) in [5.74, 6) is 0.00471. The first kappa shape index (κ1) is 18.9. The van der Waals surface area contributed by atoms with E-state index in [-0.39, 0.29) is 18.1 Å². The molecule has 1 saturated heterocycles. The van der Waals surface area contributed by atoms with Crippen LogP contribution in [-0.2, 0) is 17.9 Å². The number of hydrogen-bond donors (Lipinski definition) is 1. The Labute approximate surface area is 176 Å². The molecule has 30 heavy (non-hydrogen) atoms. The Kier molecular flexibility index (Phi) is 4.80. The zero-order chi connectivity index (χ0) is 20.7. The first-order valence-electron chi connectivity index (χ1n) is 9.96. The second-order valence-electron chi connectivity index (χ2n) is 7.55. The van der Waals surface area contributed by atoms with Crippen LogP contribution >= 0.6 is 11.3 Å². The Morgan fingerprint density at radius 3 is 2.67 bits per heavy atom. The molecule has 1 unspecified atom stereocenters. The highest BCUT2D eigenvalue weighted by molar-refractivity contribution is 7.18. The number of fused-ring (bicyclic) bond motifs is 2. The van der Waals surface area contributed by atoms with Crippen LogP contribution in [0.2, 0.25) is 0 Å². The Hall–Kier alpha value is -3.10. The van der Waals surface area contributed by atoms with Crippen molar-refractivity contribution in [2.75, 3.05) is 6.54 Å². The molecule has 5 rings (SSSR count). The van der Waals surface area contributed by atoms with Crippen molar-refractivity contribution in [2.24, 2.45) is 5.73 Å². The van der Waals surface area contributed by atoms with E-state index >= 15 is 0 Å². The van der Waals surface area contributed by atoms with Crippen molar-refractivity contribution in [2.45, 2.75) is 32.0 Å². The minimum Gasteiger partial charge on any atom is -0.368 e. The Balaban J connectivity index is 1.53. The maximum atomic E-state index is 13.0. The van der Waals surface area contributed by atoms with Crippen LogP contribution in [0.5, 0.6) is 0 Å². The van der Waals surface area contributed by atoms with Gasteiger partial charge in [0.1, 0.15) is 17.4 Å². The smallest absolute Gasteiger partial charge is 0.261 e. The number of likely N-dealkylation sites (tertiary alicyclic amines) is 1. The predicted molar refractivity (Wildman–Crippen MR) is 117 cm³/mol. The summed E-state index contributed by atoms with van der Waals surface area (Å²) >= 11 is 1.71. The fourth-order valence-electron chi connectivity index (χ4n) is 4.16. The number of rotatable bonds is 5. The number of primary amides is 1. The van der Waals surface area contributed by atoms with Gasteiger partial charge >= 0.3 is 0 Å². The maximum Gasteiger partial charge on any atom is 0.261 e. The van der Waals surface area contributed by atoms with Crippen molar-refractivity contribution in [3.05, 3.63) is 69.7 Å². The summed E-state index contributed by atoms with van der Waals surface area (Å²) in [4.78, 5) is 36.5. The predicted octanol–water partition coefficient (Wildman–Crippen LogP) is 2.83. The van der Waals surface area contributed by atoms with Crippen LogP contribution in [0.15, 0.2) is 53.3 Å². The van der Waals surface area contributed by atoms with Crippen LogP contribution in [0.3, 0.4) is 0 Å². The number of benzene rings is 2. The molecule has 0 spiro atoms. The van der Waals surface area contributed by atoms with Crippen molar-refractivity contribution in [1.29, 1.82) is 0 Å². The van der Waals surface area contributed by atoms with Gasteiger partial charge < -0.3 is 5.73 Å². The highest BCUT2D eigenvalue weighted by atomic mass is 32.1. The molecule has 2 aromatic carbocycles. The monoisotopic (exact) mass is 419 g/mol. The zero-order valence-corrected chi connectivity index (χ0v) is 17.1. The molecule has 0 radical (unpaired) electrons. The number of thiazole rings is 1. The molecule has 1 atom stereocenters. The highest BCUT2D eigenvalue weighted by Crippen LogP contribution is 2.37. The van der Waals surface area contributed by atoms with Crippen molar-refractivity contribution >= 4 is 38.4 Å². The Morgan fingerprint density at radius 1 is 1.10 bits per heavy atom. The summed E-state index contributed by atoms with van der Waals surface area (Å²) in [6, 6.07) is 15.5. The molecule has 1 aliphatic heterocycles. The van der Waals surface area contributed by atoms with E-state index in [9.17, 15) is 9.59 Å². The van der Waals surface area contributed by atoms with E-state index in [4.69, 9.17) is 15.7 Å². The second kappa shape index (κ2) is 7.62.